The van der Waals surface area contributed by atoms with Crippen molar-refractivity contribution in [3.05, 3.63) is 17.5 Å². The molecular formula is C20H31N5O2. The molecule has 4 fully saturated rings. The topological polar surface area (TPSA) is 66.1 Å². The average Bonchev–Trinajstić information content (AvgIpc) is 3.23. The molecule has 2 saturated heterocycles. The third-order valence-electron chi connectivity index (χ3n) is 7.27. The fourth-order valence-corrected chi connectivity index (χ4v) is 5.73. The van der Waals surface area contributed by atoms with Crippen LogP contribution >= 0.6 is 0 Å². The fraction of sp³-hybridized carbons (Fsp3) is 0.800. The van der Waals surface area contributed by atoms with Crippen LogP contribution in [-0.4, -0.2) is 72.9 Å². The summed E-state index contributed by atoms with van der Waals surface area (Å²) in [5, 5.41) is 7.98. The third kappa shape index (κ3) is 2.86. The number of rotatable bonds is 3. The normalized spacial score (nSPS) is 32.9. The van der Waals surface area contributed by atoms with Gasteiger partial charge in [-0.15, -0.1) is 0 Å². The molecule has 7 heteroatoms. The number of ether oxygens (including phenoxy) is 1. The van der Waals surface area contributed by atoms with Crippen molar-refractivity contribution in [2.45, 2.75) is 51.3 Å². The van der Waals surface area contributed by atoms with Crippen LogP contribution in [0, 0.1) is 18.3 Å². The summed E-state index contributed by atoms with van der Waals surface area (Å²) in [6.07, 6.45) is 5.68. The molecule has 1 spiro atoms. The summed E-state index contributed by atoms with van der Waals surface area (Å²) in [4.78, 5) is 9.49. The second kappa shape index (κ2) is 6.78. The molecule has 3 heterocycles. The molecular weight excluding hydrogens is 342 g/mol. The van der Waals surface area contributed by atoms with E-state index >= 15 is 0 Å². The lowest BCUT2D eigenvalue weighted by Crippen LogP contribution is -2.73. The van der Waals surface area contributed by atoms with E-state index in [2.05, 4.69) is 25.3 Å². The molecule has 27 heavy (non-hydrogen) atoms. The Morgan fingerprint density at radius 3 is 2.78 bits per heavy atom. The number of guanidine groups is 1. The van der Waals surface area contributed by atoms with E-state index in [1.165, 1.54) is 25.7 Å². The van der Waals surface area contributed by atoms with Crippen LogP contribution in [0.4, 0.5) is 0 Å². The van der Waals surface area contributed by atoms with E-state index in [4.69, 9.17) is 9.26 Å². The molecule has 2 aliphatic heterocycles. The Morgan fingerprint density at radius 2 is 2.15 bits per heavy atom. The quantitative estimate of drug-likeness (QED) is 0.642. The van der Waals surface area contributed by atoms with Gasteiger partial charge in [0, 0.05) is 69.8 Å². The van der Waals surface area contributed by atoms with Crippen molar-refractivity contribution in [2.24, 2.45) is 16.3 Å². The Kier molecular flexibility index (Phi) is 4.39. The van der Waals surface area contributed by atoms with Gasteiger partial charge in [-0.25, -0.2) is 0 Å². The van der Waals surface area contributed by atoms with Crippen LogP contribution in [0.2, 0.25) is 0 Å². The summed E-state index contributed by atoms with van der Waals surface area (Å²) >= 11 is 0. The highest BCUT2D eigenvalue weighted by Gasteiger charge is 2.66. The van der Waals surface area contributed by atoms with Crippen LogP contribution in [0.3, 0.4) is 0 Å². The Balaban J connectivity index is 1.18. The van der Waals surface area contributed by atoms with E-state index in [1.807, 2.05) is 20.0 Å². The Hall–Kier alpha value is -1.60. The maximum absolute atomic E-state index is 6.06. The van der Waals surface area contributed by atoms with Crippen molar-refractivity contribution < 1.29 is 9.26 Å². The highest BCUT2D eigenvalue weighted by molar-refractivity contribution is 5.80. The molecule has 2 aliphatic carbocycles. The van der Waals surface area contributed by atoms with Gasteiger partial charge in [0.05, 0.1) is 11.8 Å². The van der Waals surface area contributed by atoms with Gasteiger partial charge in [0.1, 0.15) is 5.76 Å². The van der Waals surface area contributed by atoms with Crippen LogP contribution in [0.25, 0.3) is 0 Å². The molecule has 1 aromatic rings. The number of nitrogens with zero attached hydrogens (tertiary/aromatic N) is 4. The fourth-order valence-electron chi connectivity index (χ4n) is 5.73. The number of nitrogens with one attached hydrogen (secondary N) is 1. The van der Waals surface area contributed by atoms with Crippen molar-refractivity contribution in [2.75, 3.05) is 39.8 Å². The minimum absolute atomic E-state index is 0.393. The Bertz CT molecular complexity index is 705. The van der Waals surface area contributed by atoms with Gasteiger partial charge in [0.15, 0.2) is 5.96 Å². The Labute approximate surface area is 161 Å². The van der Waals surface area contributed by atoms with Crippen LogP contribution in [0.5, 0.6) is 0 Å². The van der Waals surface area contributed by atoms with Crippen molar-refractivity contribution >= 4 is 5.96 Å². The molecule has 0 bridgehead atoms. The van der Waals surface area contributed by atoms with Crippen LogP contribution in [-0.2, 0) is 11.3 Å². The number of hydrogen-bond acceptors (Lipinski definition) is 5. The summed E-state index contributed by atoms with van der Waals surface area (Å²) < 4.78 is 11.2. The predicted octanol–water partition coefficient (Wildman–Crippen LogP) is 1.63. The number of aliphatic imine (C=N–C) groups is 1. The van der Waals surface area contributed by atoms with Gasteiger partial charge in [0.2, 0.25) is 0 Å². The predicted molar refractivity (Wildman–Crippen MR) is 103 cm³/mol. The molecule has 148 valence electrons. The van der Waals surface area contributed by atoms with E-state index < -0.39 is 0 Å². The number of hydrogen-bond donors (Lipinski definition) is 1. The van der Waals surface area contributed by atoms with E-state index in [9.17, 15) is 0 Å². The molecule has 1 N–H and O–H groups in total. The maximum atomic E-state index is 6.06. The molecule has 2 saturated carbocycles. The molecule has 5 rings (SSSR count). The lowest BCUT2D eigenvalue weighted by atomic mass is 9.46. The highest BCUT2D eigenvalue weighted by atomic mass is 16.5. The third-order valence-corrected chi connectivity index (χ3v) is 7.27. The smallest absolute Gasteiger partial charge is 0.193 e. The van der Waals surface area contributed by atoms with Gasteiger partial charge in [0.25, 0.3) is 0 Å². The van der Waals surface area contributed by atoms with Gasteiger partial charge in [-0.1, -0.05) is 11.6 Å². The first-order chi connectivity index (χ1) is 13.2. The Morgan fingerprint density at radius 1 is 1.33 bits per heavy atom. The monoisotopic (exact) mass is 373 g/mol. The molecule has 0 aromatic carbocycles. The second-order valence-corrected chi connectivity index (χ2v) is 8.69. The van der Waals surface area contributed by atoms with Gasteiger partial charge in [-0.3, -0.25) is 9.89 Å². The van der Waals surface area contributed by atoms with Gasteiger partial charge in [-0.05, 0) is 26.2 Å². The summed E-state index contributed by atoms with van der Waals surface area (Å²) in [6, 6.07) is 2.58. The van der Waals surface area contributed by atoms with Crippen molar-refractivity contribution in [3.8, 4) is 0 Å². The average molecular weight is 374 g/mol. The van der Waals surface area contributed by atoms with Gasteiger partial charge < -0.3 is 19.5 Å². The second-order valence-electron chi connectivity index (χ2n) is 8.69. The lowest BCUT2D eigenvalue weighted by Gasteiger charge is -2.63. The first-order valence-corrected chi connectivity index (χ1v) is 10.4. The van der Waals surface area contributed by atoms with Gasteiger partial charge >= 0.3 is 0 Å². The largest absolute Gasteiger partial charge is 0.377 e. The van der Waals surface area contributed by atoms with Crippen molar-refractivity contribution in [3.63, 3.8) is 0 Å². The highest BCUT2D eigenvalue weighted by Crippen LogP contribution is 2.62. The van der Waals surface area contributed by atoms with Crippen LogP contribution < -0.4 is 5.32 Å². The van der Waals surface area contributed by atoms with E-state index in [0.717, 1.165) is 56.7 Å². The summed E-state index contributed by atoms with van der Waals surface area (Å²) in [6.45, 7) is 7.80. The standard InChI is InChI=1S/C20H31N5O2/c1-14-12-15(23-27-14)13-24-7-9-25(10-8-24)19(21-2)22-17-16-4-11-26-18(16)20(17)5-3-6-20/h12,16-18H,3-11,13H2,1-2H3,(H,21,22). The molecule has 0 radical (unpaired) electrons. The van der Waals surface area contributed by atoms with Gasteiger partial charge in [-0.2, -0.15) is 0 Å². The van der Waals surface area contributed by atoms with Crippen molar-refractivity contribution in [1.82, 2.24) is 20.3 Å². The number of fused-ring (bicyclic) bond motifs is 2. The lowest BCUT2D eigenvalue weighted by molar-refractivity contribution is -0.171. The molecule has 7 nitrogen and oxygen atoms in total. The number of aryl methyl sites for hydroxylation is 1. The summed E-state index contributed by atoms with van der Waals surface area (Å²) in [5.41, 5.74) is 1.42. The number of piperazine rings is 1. The summed E-state index contributed by atoms with van der Waals surface area (Å²) in [5.74, 6) is 2.64. The maximum Gasteiger partial charge on any atom is 0.193 e. The van der Waals surface area contributed by atoms with Crippen LogP contribution in [0.15, 0.2) is 15.6 Å². The first-order valence-electron chi connectivity index (χ1n) is 10.4. The minimum atomic E-state index is 0.393. The molecule has 0 amide bonds. The zero-order valence-electron chi connectivity index (χ0n) is 16.5. The van der Waals surface area contributed by atoms with Crippen molar-refractivity contribution in [1.29, 1.82) is 0 Å². The molecule has 3 unspecified atom stereocenters. The molecule has 3 atom stereocenters. The zero-order chi connectivity index (χ0) is 18.4. The zero-order valence-corrected chi connectivity index (χ0v) is 16.5. The van der Waals surface area contributed by atoms with Crippen LogP contribution in [0.1, 0.15) is 37.1 Å². The number of aromatic nitrogens is 1. The van der Waals surface area contributed by atoms with E-state index in [0.29, 0.717) is 23.5 Å². The molecule has 4 aliphatic rings. The van der Waals surface area contributed by atoms with E-state index in [1.54, 1.807) is 0 Å². The first kappa shape index (κ1) is 17.5. The molecule has 1 aromatic heterocycles. The van der Waals surface area contributed by atoms with E-state index in [-0.39, 0.29) is 0 Å². The SMILES string of the molecule is CN=C(NC1C2CCOC2C12CCC2)N1CCN(Cc2cc(C)on2)CC1. The summed E-state index contributed by atoms with van der Waals surface area (Å²) in [7, 11) is 1.92. The minimum Gasteiger partial charge on any atom is -0.377 e.